The number of carbonyl (C=O) groups excluding carboxylic acids is 2. The van der Waals surface area contributed by atoms with Gasteiger partial charge in [0.25, 0.3) is 11.6 Å². The summed E-state index contributed by atoms with van der Waals surface area (Å²) in [5.41, 5.74) is 1.60. The first-order valence-electron chi connectivity index (χ1n) is 9.42. The molecule has 0 aliphatic carbocycles. The summed E-state index contributed by atoms with van der Waals surface area (Å²) in [6.45, 7) is 1.36. The molecule has 0 heterocycles. The van der Waals surface area contributed by atoms with Gasteiger partial charge in [-0.15, -0.1) is 0 Å². The van der Waals surface area contributed by atoms with Crippen molar-refractivity contribution in [2.45, 2.75) is 13.5 Å². The average molecular weight is 420 g/mol. The smallest absolute Gasteiger partial charge is 0.339 e. The molecule has 0 unspecified atom stereocenters. The van der Waals surface area contributed by atoms with Gasteiger partial charge in [0.1, 0.15) is 12.4 Å². The van der Waals surface area contributed by atoms with Crippen LogP contribution in [0.25, 0.3) is 0 Å². The topological polar surface area (TPSA) is 108 Å². The van der Waals surface area contributed by atoms with Crippen molar-refractivity contribution < 1.29 is 24.0 Å². The maximum atomic E-state index is 12.2. The number of hydrogen-bond acceptors (Lipinski definition) is 6. The number of carbonyl (C=O) groups is 2. The fourth-order valence-electron chi connectivity index (χ4n) is 2.82. The van der Waals surface area contributed by atoms with E-state index < -0.39 is 23.4 Å². The van der Waals surface area contributed by atoms with E-state index in [0.717, 1.165) is 5.56 Å². The quantitative estimate of drug-likeness (QED) is 0.331. The number of nitrogens with zero attached hydrogens (tertiary/aromatic N) is 1. The normalized spacial score (nSPS) is 10.2. The molecule has 158 valence electrons. The second-order valence-electron chi connectivity index (χ2n) is 6.63. The Morgan fingerprint density at radius 1 is 0.968 bits per heavy atom. The Labute approximate surface area is 178 Å². The van der Waals surface area contributed by atoms with Crippen LogP contribution in [0.1, 0.15) is 21.5 Å². The highest BCUT2D eigenvalue weighted by Gasteiger charge is 2.19. The zero-order valence-corrected chi connectivity index (χ0v) is 16.7. The largest absolute Gasteiger partial charge is 0.489 e. The van der Waals surface area contributed by atoms with Crippen molar-refractivity contribution in [2.75, 3.05) is 11.9 Å². The van der Waals surface area contributed by atoms with Crippen LogP contribution in [0.2, 0.25) is 0 Å². The van der Waals surface area contributed by atoms with E-state index in [4.69, 9.17) is 9.47 Å². The first-order valence-corrected chi connectivity index (χ1v) is 9.42. The van der Waals surface area contributed by atoms with Gasteiger partial charge in [-0.1, -0.05) is 36.4 Å². The maximum Gasteiger partial charge on any atom is 0.339 e. The SMILES string of the molecule is Cc1c(C(=O)OCC(=O)Nc2ccc(OCc3ccccc3)cc2)cccc1[N+](=O)[O-]. The number of rotatable bonds is 8. The molecule has 0 fully saturated rings. The predicted molar refractivity (Wildman–Crippen MR) is 114 cm³/mol. The number of anilines is 1. The first-order chi connectivity index (χ1) is 14.9. The lowest BCUT2D eigenvalue weighted by Gasteiger charge is -2.10. The lowest BCUT2D eigenvalue weighted by molar-refractivity contribution is -0.385. The number of nitro groups is 1. The van der Waals surface area contributed by atoms with Gasteiger partial charge in [-0.05, 0) is 42.8 Å². The Kier molecular flexibility index (Phi) is 6.95. The van der Waals surface area contributed by atoms with Gasteiger partial charge in [0, 0.05) is 17.3 Å². The fraction of sp³-hybridized carbons (Fsp3) is 0.130. The number of nitro benzene ring substituents is 1. The van der Waals surface area contributed by atoms with Gasteiger partial charge in [-0.25, -0.2) is 4.79 Å². The summed E-state index contributed by atoms with van der Waals surface area (Å²) < 4.78 is 10.7. The van der Waals surface area contributed by atoms with Gasteiger partial charge >= 0.3 is 5.97 Å². The monoisotopic (exact) mass is 420 g/mol. The van der Waals surface area contributed by atoms with Crippen molar-refractivity contribution in [1.29, 1.82) is 0 Å². The van der Waals surface area contributed by atoms with Crippen molar-refractivity contribution in [3.63, 3.8) is 0 Å². The molecule has 0 saturated heterocycles. The van der Waals surface area contributed by atoms with Crippen LogP contribution >= 0.6 is 0 Å². The highest BCUT2D eigenvalue weighted by molar-refractivity contribution is 5.96. The molecule has 3 aromatic rings. The van der Waals surface area contributed by atoms with Gasteiger partial charge in [0.2, 0.25) is 0 Å². The molecule has 1 N–H and O–H groups in total. The minimum absolute atomic E-state index is 0.0434. The van der Waals surface area contributed by atoms with Crippen molar-refractivity contribution >= 4 is 23.3 Å². The highest BCUT2D eigenvalue weighted by atomic mass is 16.6. The summed E-state index contributed by atoms with van der Waals surface area (Å²) in [5, 5.41) is 13.6. The summed E-state index contributed by atoms with van der Waals surface area (Å²) in [4.78, 5) is 34.7. The van der Waals surface area contributed by atoms with Gasteiger partial charge < -0.3 is 14.8 Å². The van der Waals surface area contributed by atoms with E-state index in [2.05, 4.69) is 5.32 Å². The van der Waals surface area contributed by atoms with Crippen molar-refractivity contribution in [1.82, 2.24) is 0 Å². The number of esters is 1. The zero-order chi connectivity index (χ0) is 22.2. The molecule has 0 saturated carbocycles. The Hall–Kier alpha value is -4.20. The lowest BCUT2D eigenvalue weighted by atomic mass is 10.1. The number of benzene rings is 3. The molecule has 0 aliphatic rings. The molecule has 31 heavy (non-hydrogen) atoms. The van der Waals surface area contributed by atoms with Gasteiger partial charge in [0.05, 0.1) is 10.5 Å². The Balaban J connectivity index is 1.50. The molecule has 0 bridgehead atoms. The van der Waals surface area contributed by atoms with E-state index in [9.17, 15) is 19.7 Å². The van der Waals surface area contributed by atoms with Crippen LogP contribution in [0, 0.1) is 17.0 Å². The van der Waals surface area contributed by atoms with Crippen molar-refractivity contribution in [2.24, 2.45) is 0 Å². The van der Waals surface area contributed by atoms with Crippen molar-refractivity contribution in [3.8, 4) is 5.75 Å². The van der Waals surface area contributed by atoms with E-state index in [1.165, 1.54) is 25.1 Å². The third kappa shape index (κ3) is 5.89. The minimum Gasteiger partial charge on any atom is -0.489 e. The number of ether oxygens (including phenoxy) is 2. The second kappa shape index (κ2) is 10.0. The number of amides is 1. The highest BCUT2D eigenvalue weighted by Crippen LogP contribution is 2.22. The molecule has 0 aliphatic heterocycles. The molecule has 0 spiro atoms. The lowest BCUT2D eigenvalue weighted by Crippen LogP contribution is -2.21. The molecular weight excluding hydrogens is 400 g/mol. The Morgan fingerprint density at radius 3 is 2.35 bits per heavy atom. The molecule has 1 amide bonds. The van der Waals surface area contributed by atoms with Gasteiger partial charge in [-0.2, -0.15) is 0 Å². The van der Waals surface area contributed by atoms with Crippen LogP contribution in [0.3, 0.4) is 0 Å². The molecule has 8 heteroatoms. The van der Waals surface area contributed by atoms with Gasteiger partial charge in [0.15, 0.2) is 6.61 Å². The molecule has 3 aromatic carbocycles. The first kappa shape index (κ1) is 21.5. The standard InChI is InChI=1S/C23H20N2O6/c1-16-20(8-5-9-21(16)25(28)29)23(27)31-15-22(26)24-18-10-12-19(13-11-18)30-14-17-6-3-2-4-7-17/h2-13H,14-15H2,1H3,(H,24,26). The van der Waals surface area contributed by atoms with Crippen LogP contribution in [-0.2, 0) is 16.1 Å². The molecule has 0 aromatic heterocycles. The molecular formula is C23H20N2O6. The zero-order valence-electron chi connectivity index (χ0n) is 16.7. The predicted octanol–water partition coefficient (Wildman–Crippen LogP) is 4.28. The van der Waals surface area contributed by atoms with E-state index in [0.29, 0.717) is 18.0 Å². The van der Waals surface area contributed by atoms with Crippen LogP contribution in [0.4, 0.5) is 11.4 Å². The Bertz CT molecular complexity index is 1080. The fourth-order valence-corrected chi connectivity index (χ4v) is 2.82. The van der Waals surface area contributed by atoms with Gasteiger partial charge in [-0.3, -0.25) is 14.9 Å². The number of hydrogen-bond donors (Lipinski definition) is 1. The third-order valence-electron chi connectivity index (χ3n) is 4.44. The summed E-state index contributed by atoms with van der Waals surface area (Å²) >= 11 is 0. The van der Waals surface area contributed by atoms with E-state index in [-0.39, 0.29) is 16.8 Å². The van der Waals surface area contributed by atoms with Crippen LogP contribution < -0.4 is 10.1 Å². The van der Waals surface area contributed by atoms with E-state index in [1.807, 2.05) is 30.3 Å². The molecule has 0 radical (unpaired) electrons. The summed E-state index contributed by atoms with van der Waals surface area (Å²) in [7, 11) is 0. The van der Waals surface area contributed by atoms with Crippen LogP contribution in [0.15, 0.2) is 72.8 Å². The summed E-state index contributed by atoms with van der Waals surface area (Å²) in [6, 6.07) is 20.6. The average Bonchev–Trinajstić information content (AvgIpc) is 2.77. The Morgan fingerprint density at radius 2 is 1.68 bits per heavy atom. The van der Waals surface area contributed by atoms with E-state index >= 15 is 0 Å². The molecule has 8 nitrogen and oxygen atoms in total. The molecule has 0 atom stereocenters. The van der Waals surface area contributed by atoms with Crippen molar-refractivity contribution in [3.05, 3.63) is 99.6 Å². The van der Waals surface area contributed by atoms with E-state index in [1.54, 1.807) is 24.3 Å². The number of nitrogens with one attached hydrogen (secondary N) is 1. The third-order valence-corrected chi connectivity index (χ3v) is 4.44. The maximum absolute atomic E-state index is 12.2. The van der Waals surface area contributed by atoms with Crippen LogP contribution in [-0.4, -0.2) is 23.4 Å². The minimum atomic E-state index is -0.805. The summed E-state index contributed by atoms with van der Waals surface area (Å²) in [5.74, 6) is -0.690. The molecule has 3 rings (SSSR count). The van der Waals surface area contributed by atoms with Crippen LogP contribution in [0.5, 0.6) is 5.75 Å². The second-order valence-corrected chi connectivity index (χ2v) is 6.63. The summed E-state index contributed by atoms with van der Waals surface area (Å²) in [6.07, 6.45) is 0.